The SMILES string of the molecule is CO[C@H]1C[C@@]2(C)[C@@H](CC[C@@]2(O)/C=C/c2ccccc2C(F)(F)F)[C@@H]2CCc3cc(O)ccc3[C@H]21. The topological polar surface area (TPSA) is 49.7 Å². The summed E-state index contributed by atoms with van der Waals surface area (Å²) in [7, 11) is 1.70. The van der Waals surface area contributed by atoms with Gasteiger partial charge in [0.05, 0.1) is 17.3 Å². The maximum Gasteiger partial charge on any atom is 0.416 e. The molecule has 2 saturated carbocycles. The molecule has 2 aromatic rings. The molecule has 0 unspecified atom stereocenters. The third-order valence-electron chi connectivity index (χ3n) is 8.99. The largest absolute Gasteiger partial charge is 0.508 e. The zero-order valence-electron chi connectivity index (χ0n) is 19.5. The summed E-state index contributed by atoms with van der Waals surface area (Å²) in [6.07, 6.45) is 2.26. The molecular formula is C28H31F3O3. The summed E-state index contributed by atoms with van der Waals surface area (Å²) in [5.41, 5.74) is 0.0243. The normalized spacial score (nSPS) is 35.1. The molecule has 2 aromatic carbocycles. The van der Waals surface area contributed by atoms with Crippen molar-refractivity contribution in [3.8, 4) is 5.75 Å². The van der Waals surface area contributed by atoms with Crippen molar-refractivity contribution >= 4 is 6.08 Å². The van der Waals surface area contributed by atoms with Gasteiger partial charge in [0.1, 0.15) is 5.75 Å². The lowest BCUT2D eigenvalue weighted by Crippen LogP contribution is -2.54. The van der Waals surface area contributed by atoms with Crippen molar-refractivity contribution in [3.05, 3.63) is 70.8 Å². The number of ether oxygens (including phenoxy) is 1. The van der Waals surface area contributed by atoms with Gasteiger partial charge in [-0.25, -0.2) is 0 Å². The summed E-state index contributed by atoms with van der Waals surface area (Å²) < 4.78 is 46.5. The van der Waals surface area contributed by atoms with Gasteiger partial charge in [0, 0.05) is 18.4 Å². The number of halogens is 3. The Kier molecular flexibility index (Phi) is 5.60. The fourth-order valence-corrected chi connectivity index (χ4v) is 7.29. The Bertz CT molecular complexity index is 1110. The second-order valence-electron chi connectivity index (χ2n) is 10.5. The second-order valence-corrected chi connectivity index (χ2v) is 10.5. The van der Waals surface area contributed by atoms with E-state index in [1.807, 2.05) is 12.1 Å². The molecule has 6 heteroatoms. The number of hydrogen-bond donors (Lipinski definition) is 2. The first-order valence-corrected chi connectivity index (χ1v) is 12.0. The molecule has 0 heterocycles. The van der Waals surface area contributed by atoms with Gasteiger partial charge in [-0.1, -0.05) is 43.3 Å². The summed E-state index contributed by atoms with van der Waals surface area (Å²) in [6.45, 7) is 2.08. The van der Waals surface area contributed by atoms with E-state index in [0.717, 1.165) is 30.9 Å². The van der Waals surface area contributed by atoms with Crippen LogP contribution in [-0.2, 0) is 17.3 Å². The average Bonchev–Trinajstić information content (AvgIpc) is 3.07. The summed E-state index contributed by atoms with van der Waals surface area (Å²) in [5.74, 6) is 1.00. The summed E-state index contributed by atoms with van der Waals surface area (Å²) in [6, 6.07) is 11.1. The molecule has 3 aliphatic rings. The molecule has 2 N–H and O–H groups in total. The molecular weight excluding hydrogens is 441 g/mol. The zero-order chi connectivity index (χ0) is 24.3. The third kappa shape index (κ3) is 3.57. The quantitative estimate of drug-likeness (QED) is 0.548. The first-order valence-electron chi connectivity index (χ1n) is 12.0. The van der Waals surface area contributed by atoms with Gasteiger partial charge < -0.3 is 14.9 Å². The van der Waals surface area contributed by atoms with Crippen molar-refractivity contribution in [2.24, 2.45) is 17.3 Å². The van der Waals surface area contributed by atoms with Crippen LogP contribution in [0.1, 0.15) is 60.8 Å². The Labute approximate surface area is 198 Å². The van der Waals surface area contributed by atoms with Crippen molar-refractivity contribution in [1.82, 2.24) is 0 Å². The number of aryl methyl sites for hydroxylation is 1. The Balaban J connectivity index is 1.50. The van der Waals surface area contributed by atoms with E-state index in [9.17, 15) is 23.4 Å². The first kappa shape index (κ1) is 23.4. The summed E-state index contributed by atoms with van der Waals surface area (Å²) in [5, 5.41) is 21.8. The standard InChI is InChI=1S/C28H31F3O3/c1-26-16-24(34-2)25-20-10-8-19(32)15-18(20)7-9-21(25)23(26)12-14-27(26,33)13-11-17-5-3-4-6-22(17)28(29,30)31/h3-6,8,10-11,13,15,21,23-25,32-33H,7,9,12,14,16H2,1-2H3/b13-11+/t21-,23-,24-,25+,26-,27-/m0/s1. The number of phenols is 1. The number of alkyl halides is 3. The molecule has 3 aliphatic carbocycles. The molecule has 3 nitrogen and oxygen atoms in total. The Morgan fingerprint density at radius 1 is 1.12 bits per heavy atom. The van der Waals surface area contributed by atoms with Crippen LogP contribution >= 0.6 is 0 Å². The fraction of sp³-hybridized carbons (Fsp3) is 0.500. The second kappa shape index (κ2) is 8.13. The molecule has 0 radical (unpaired) electrons. The van der Waals surface area contributed by atoms with Crippen LogP contribution in [-0.4, -0.2) is 29.0 Å². The van der Waals surface area contributed by atoms with Crippen molar-refractivity contribution in [2.45, 2.75) is 62.8 Å². The lowest BCUT2D eigenvalue weighted by atomic mass is 9.52. The van der Waals surface area contributed by atoms with Crippen molar-refractivity contribution in [3.63, 3.8) is 0 Å². The van der Waals surface area contributed by atoms with Crippen molar-refractivity contribution in [1.29, 1.82) is 0 Å². The Morgan fingerprint density at radius 2 is 1.88 bits per heavy atom. The lowest BCUT2D eigenvalue weighted by molar-refractivity contribution is -0.137. The highest BCUT2D eigenvalue weighted by Gasteiger charge is 2.63. The fourth-order valence-electron chi connectivity index (χ4n) is 7.29. The molecule has 182 valence electrons. The van der Waals surface area contributed by atoms with Crippen LogP contribution < -0.4 is 0 Å². The number of aliphatic hydroxyl groups is 1. The molecule has 0 aromatic heterocycles. The summed E-state index contributed by atoms with van der Waals surface area (Å²) >= 11 is 0. The van der Waals surface area contributed by atoms with E-state index in [4.69, 9.17) is 4.74 Å². The maximum atomic E-state index is 13.5. The number of phenolic OH excluding ortho intramolecular Hbond substituents is 1. The highest BCUT2D eigenvalue weighted by molar-refractivity contribution is 5.56. The van der Waals surface area contributed by atoms with E-state index >= 15 is 0 Å². The van der Waals surface area contributed by atoms with Crippen molar-refractivity contribution < 1.29 is 28.1 Å². The van der Waals surface area contributed by atoms with Crippen LogP contribution in [0.25, 0.3) is 6.08 Å². The van der Waals surface area contributed by atoms with Crippen LogP contribution in [0.5, 0.6) is 5.75 Å². The highest BCUT2D eigenvalue weighted by Crippen LogP contribution is 2.65. The number of rotatable bonds is 3. The molecule has 2 fully saturated rings. The number of hydrogen-bond acceptors (Lipinski definition) is 3. The van der Waals surface area contributed by atoms with Gasteiger partial charge in [0.15, 0.2) is 0 Å². The van der Waals surface area contributed by atoms with E-state index in [1.54, 1.807) is 25.3 Å². The van der Waals surface area contributed by atoms with E-state index in [0.29, 0.717) is 18.8 Å². The highest BCUT2D eigenvalue weighted by atomic mass is 19.4. The van der Waals surface area contributed by atoms with Gasteiger partial charge in [-0.15, -0.1) is 0 Å². The van der Waals surface area contributed by atoms with E-state index in [-0.39, 0.29) is 29.3 Å². The number of benzene rings is 2. The van der Waals surface area contributed by atoms with Crippen LogP contribution in [0, 0.1) is 17.3 Å². The Morgan fingerprint density at radius 3 is 2.62 bits per heavy atom. The average molecular weight is 473 g/mol. The minimum absolute atomic E-state index is 0.0684. The molecule has 34 heavy (non-hydrogen) atoms. The van der Waals surface area contributed by atoms with Gasteiger partial charge in [0.2, 0.25) is 0 Å². The molecule has 5 rings (SSSR count). The van der Waals surface area contributed by atoms with E-state index in [2.05, 4.69) is 6.92 Å². The molecule has 0 spiro atoms. The monoisotopic (exact) mass is 472 g/mol. The lowest BCUT2D eigenvalue weighted by Gasteiger charge is -2.55. The van der Waals surface area contributed by atoms with Crippen LogP contribution in [0.15, 0.2) is 48.5 Å². The zero-order valence-corrected chi connectivity index (χ0v) is 19.5. The molecule has 0 saturated heterocycles. The molecule has 0 aliphatic heterocycles. The third-order valence-corrected chi connectivity index (χ3v) is 8.99. The van der Waals surface area contributed by atoms with Crippen LogP contribution in [0.2, 0.25) is 0 Å². The molecule has 0 bridgehead atoms. The number of methoxy groups -OCH3 is 1. The van der Waals surface area contributed by atoms with E-state index < -0.39 is 22.8 Å². The number of fused-ring (bicyclic) bond motifs is 5. The van der Waals surface area contributed by atoms with Gasteiger partial charge in [-0.3, -0.25) is 0 Å². The molecule has 0 amide bonds. The van der Waals surface area contributed by atoms with Gasteiger partial charge in [-0.2, -0.15) is 13.2 Å². The predicted molar refractivity (Wildman–Crippen MR) is 124 cm³/mol. The smallest absolute Gasteiger partial charge is 0.416 e. The maximum absolute atomic E-state index is 13.5. The van der Waals surface area contributed by atoms with Crippen LogP contribution in [0.4, 0.5) is 13.2 Å². The number of aromatic hydroxyl groups is 1. The predicted octanol–water partition coefficient (Wildman–Crippen LogP) is 6.34. The van der Waals surface area contributed by atoms with Crippen LogP contribution in [0.3, 0.4) is 0 Å². The Hall–Kier alpha value is -2.31. The molecule has 6 atom stereocenters. The van der Waals surface area contributed by atoms with Gasteiger partial charge in [-0.05, 0) is 78.8 Å². The minimum Gasteiger partial charge on any atom is -0.508 e. The first-order chi connectivity index (χ1) is 16.1. The minimum atomic E-state index is -4.45. The van der Waals surface area contributed by atoms with Gasteiger partial charge >= 0.3 is 6.18 Å². The van der Waals surface area contributed by atoms with E-state index in [1.165, 1.54) is 23.8 Å². The summed E-state index contributed by atoms with van der Waals surface area (Å²) in [4.78, 5) is 0. The van der Waals surface area contributed by atoms with Gasteiger partial charge in [0.25, 0.3) is 0 Å². The van der Waals surface area contributed by atoms with Crippen molar-refractivity contribution in [2.75, 3.05) is 7.11 Å².